The van der Waals surface area contributed by atoms with Gasteiger partial charge in [-0.15, -0.1) is 0 Å². The number of phenols is 1. The van der Waals surface area contributed by atoms with Crippen LogP contribution in [-0.2, 0) is 11.3 Å². The average Bonchev–Trinajstić information content (AvgIpc) is 2.33. The molecule has 0 atom stereocenters. The quantitative estimate of drug-likeness (QED) is 0.818. The summed E-state index contributed by atoms with van der Waals surface area (Å²) in [5.74, 6) is -0.991. The third kappa shape index (κ3) is 2.95. The van der Waals surface area contributed by atoms with Crippen molar-refractivity contribution in [3.8, 4) is 5.75 Å². The molecule has 1 fully saturated rings. The maximum absolute atomic E-state index is 10.7. The summed E-state index contributed by atoms with van der Waals surface area (Å²) in [6, 6.07) is 4.46. The first-order valence-corrected chi connectivity index (χ1v) is 5.52. The fraction of sp³-hybridized carbons (Fsp3) is 0.417. The van der Waals surface area contributed by atoms with Gasteiger partial charge in [-0.25, -0.2) is 4.79 Å². The molecule has 2 rings (SSSR count). The average molecular weight is 237 g/mol. The first-order valence-electron chi connectivity index (χ1n) is 5.52. The Hall–Kier alpha value is -1.59. The van der Waals surface area contributed by atoms with Crippen LogP contribution in [0.5, 0.6) is 5.75 Å². The molecule has 1 aliphatic heterocycles. The number of aromatic hydroxyl groups is 1. The Labute approximate surface area is 99.2 Å². The fourth-order valence-electron chi connectivity index (χ4n) is 1.83. The van der Waals surface area contributed by atoms with E-state index in [2.05, 4.69) is 4.90 Å². The highest BCUT2D eigenvalue weighted by molar-refractivity contribution is 5.88. The molecular formula is C12H15NO4. The summed E-state index contributed by atoms with van der Waals surface area (Å²) in [4.78, 5) is 12.9. The number of rotatable bonds is 3. The molecular weight excluding hydrogens is 222 g/mol. The van der Waals surface area contributed by atoms with Crippen LogP contribution in [0.1, 0.15) is 15.9 Å². The molecule has 0 bridgehead atoms. The normalized spacial score (nSPS) is 16.9. The Morgan fingerprint density at radius 3 is 2.65 bits per heavy atom. The molecule has 2 N–H and O–H groups in total. The number of morpholine rings is 1. The maximum Gasteiger partial charge on any atom is 0.335 e. The topological polar surface area (TPSA) is 70.0 Å². The number of ether oxygens (including phenoxy) is 1. The molecule has 1 aliphatic rings. The van der Waals surface area contributed by atoms with Crippen molar-refractivity contribution in [2.45, 2.75) is 6.54 Å². The molecule has 0 amide bonds. The second-order valence-corrected chi connectivity index (χ2v) is 4.04. The van der Waals surface area contributed by atoms with Crippen molar-refractivity contribution >= 4 is 5.97 Å². The fourth-order valence-corrected chi connectivity index (χ4v) is 1.83. The first-order chi connectivity index (χ1) is 8.16. The number of hydrogen-bond acceptors (Lipinski definition) is 4. The van der Waals surface area contributed by atoms with E-state index in [1.807, 2.05) is 0 Å². The molecule has 0 aromatic heterocycles. The van der Waals surface area contributed by atoms with Gasteiger partial charge in [0.2, 0.25) is 0 Å². The number of carbonyl (C=O) groups is 1. The molecule has 0 radical (unpaired) electrons. The standard InChI is InChI=1S/C12H15NO4/c14-11-7-9(12(15)16)1-2-10(11)8-13-3-5-17-6-4-13/h1-2,7,14H,3-6,8H2,(H,15,16). The lowest BCUT2D eigenvalue weighted by Gasteiger charge is -2.26. The lowest BCUT2D eigenvalue weighted by Crippen LogP contribution is -2.35. The van der Waals surface area contributed by atoms with Gasteiger partial charge in [-0.2, -0.15) is 0 Å². The highest BCUT2D eigenvalue weighted by atomic mass is 16.5. The zero-order valence-corrected chi connectivity index (χ0v) is 9.43. The van der Waals surface area contributed by atoms with Crippen molar-refractivity contribution in [1.82, 2.24) is 4.90 Å². The van der Waals surface area contributed by atoms with Crippen molar-refractivity contribution in [3.05, 3.63) is 29.3 Å². The van der Waals surface area contributed by atoms with Crippen molar-refractivity contribution in [2.24, 2.45) is 0 Å². The van der Waals surface area contributed by atoms with E-state index in [-0.39, 0.29) is 11.3 Å². The van der Waals surface area contributed by atoms with Gasteiger partial charge in [-0.05, 0) is 12.1 Å². The molecule has 1 saturated heterocycles. The van der Waals surface area contributed by atoms with Crippen LogP contribution in [0.25, 0.3) is 0 Å². The van der Waals surface area contributed by atoms with Gasteiger partial charge in [-0.1, -0.05) is 6.07 Å². The number of nitrogens with zero attached hydrogens (tertiary/aromatic N) is 1. The van der Waals surface area contributed by atoms with Crippen LogP contribution in [-0.4, -0.2) is 47.4 Å². The number of aromatic carboxylic acids is 1. The molecule has 0 spiro atoms. The van der Waals surface area contributed by atoms with Gasteiger partial charge < -0.3 is 14.9 Å². The number of carboxylic acid groups (broad SMARTS) is 1. The zero-order valence-electron chi connectivity index (χ0n) is 9.43. The monoisotopic (exact) mass is 237 g/mol. The summed E-state index contributed by atoms with van der Waals surface area (Å²) in [7, 11) is 0. The van der Waals surface area contributed by atoms with E-state index in [0.717, 1.165) is 18.7 Å². The second kappa shape index (κ2) is 5.16. The van der Waals surface area contributed by atoms with Gasteiger partial charge in [0.1, 0.15) is 5.75 Å². The Bertz CT molecular complexity index is 413. The Morgan fingerprint density at radius 1 is 1.35 bits per heavy atom. The predicted octanol–water partition coefficient (Wildman–Crippen LogP) is 0.923. The second-order valence-electron chi connectivity index (χ2n) is 4.04. The predicted molar refractivity (Wildman–Crippen MR) is 61.2 cm³/mol. The van der Waals surface area contributed by atoms with Crippen LogP contribution >= 0.6 is 0 Å². The third-order valence-corrected chi connectivity index (χ3v) is 2.83. The summed E-state index contributed by atoms with van der Waals surface area (Å²) >= 11 is 0. The van der Waals surface area contributed by atoms with Gasteiger partial charge in [0.15, 0.2) is 0 Å². The van der Waals surface area contributed by atoms with E-state index in [9.17, 15) is 9.90 Å². The highest BCUT2D eigenvalue weighted by Gasteiger charge is 2.14. The van der Waals surface area contributed by atoms with Crippen LogP contribution in [0, 0.1) is 0 Å². The minimum absolute atomic E-state index is 0.0383. The number of phenolic OH excluding ortho intramolecular Hbond substituents is 1. The van der Waals surface area contributed by atoms with Crippen molar-refractivity contribution in [1.29, 1.82) is 0 Å². The summed E-state index contributed by atoms with van der Waals surface area (Å²) in [5.41, 5.74) is 0.852. The zero-order chi connectivity index (χ0) is 12.3. The van der Waals surface area contributed by atoms with E-state index in [4.69, 9.17) is 9.84 Å². The van der Waals surface area contributed by atoms with Gasteiger partial charge in [0.05, 0.1) is 18.8 Å². The molecule has 1 aromatic rings. The lowest BCUT2D eigenvalue weighted by molar-refractivity contribution is 0.0339. The largest absolute Gasteiger partial charge is 0.508 e. The van der Waals surface area contributed by atoms with Gasteiger partial charge in [0, 0.05) is 25.2 Å². The van der Waals surface area contributed by atoms with Gasteiger partial charge in [0.25, 0.3) is 0 Å². The van der Waals surface area contributed by atoms with Crippen molar-refractivity contribution in [3.63, 3.8) is 0 Å². The Balaban J connectivity index is 2.08. The number of carboxylic acids is 1. The smallest absolute Gasteiger partial charge is 0.335 e. The maximum atomic E-state index is 10.7. The van der Waals surface area contributed by atoms with Crippen molar-refractivity contribution < 1.29 is 19.7 Å². The molecule has 17 heavy (non-hydrogen) atoms. The third-order valence-electron chi connectivity index (χ3n) is 2.83. The highest BCUT2D eigenvalue weighted by Crippen LogP contribution is 2.21. The van der Waals surface area contributed by atoms with E-state index in [1.54, 1.807) is 6.07 Å². The van der Waals surface area contributed by atoms with Crippen LogP contribution in [0.4, 0.5) is 0 Å². The number of hydrogen-bond donors (Lipinski definition) is 2. The van der Waals surface area contributed by atoms with Crippen LogP contribution in [0.2, 0.25) is 0 Å². The first kappa shape index (κ1) is 11.9. The summed E-state index contributed by atoms with van der Waals surface area (Å²) in [5, 5.41) is 18.5. The molecule has 0 aliphatic carbocycles. The Kier molecular flexibility index (Phi) is 3.61. The molecule has 0 unspecified atom stereocenters. The molecule has 5 heteroatoms. The summed E-state index contributed by atoms with van der Waals surface area (Å²) in [6.07, 6.45) is 0. The molecule has 0 saturated carbocycles. The van der Waals surface area contributed by atoms with Crippen LogP contribution < -0.4 is 0 Å². The molecule has 92 valence electrons. The van der Waals surface area contributed by atoms with Crippen LogP contribution in [0.15, 0.2) is 18.2 Å². The number of benzene rings is 1. The van der Waals surface area contributed by atoms with E-state index >= 15 is 0 Å². The van der Waals surface area contributed by atoms with E-state index in [0.29, 0.717) is 19.8 Å². The van der Waals surface area contributed by atoms with Crippen molar-refractivity contribution in [2.75, 3.05) is 26.3 Å². The van der Waals surface area contributed by atoms with Crippen LogP contribution in [0.3, 0.4) is 0 Å². The van der Waals surface area contributed by atoms with E-state index in [1.165, 1.54) is 12.1 Å². The van der Waals surface area contributed by atoms with E-state index < -0.39 is 5.97 Å². The SMILES string of the molecule is O=C(O)c1ccc(CN2CCOCC2)c(O)c1. The Morgan fingerprint density at radius 2 is 2.06 bits per heavy atom. The van der Waals surface area contributed by atoms with Gasteiger partial charge >= 0.3 is 5.97 Å². The summed E-state index contributed by atoms with van der Waals surface area (Å²) < 4.78 is 5.24. The molecule has 1 heterocycles. The minimum atomic E-state index is -1.03. The lowest BCUT2D eigenvalue weighted by atomic mass is 10.1. The minimum Gasteiger partial charge on any atom is -0.508 e. The van der Waals surface area contributed by atoms with Gasteiger partial charge in [-0.3, -0.25) is 4.90 Å². The summed E-state index contributed by atoms with van der Waals surface area (Å²) in [6.45, 7) is 3.69. The molecule has 5 nitrogen and oxygen atoms in total. The molecule has 1 aromatic carbocycles.